The summed E-state index contributed by atoms with van der Waals surface area (Å²) < 4.78 is 10.8. The summed E-state index contributed by atoms with van der Waals surface area (Å²) in [4.78, 5) is 6.88. The lowest BCUT2D eigenvalue weighted by Crippen LogP contribution is -2.39. The molecule has 0 aromatic heterocycles. The van der Waals surface area contributed by atoms with E-state index in [1.807, 2.05) is 23.9 Å². The Balaban J connectivity index is 0.00000576. The largest absolute Gasteiger partial charge is 0.493 e. The number of hydrogen-bond acceptors (Lipinski definition) is 4. The molecule has 1 rings (SSSR count). The van der Waals surface area contributed by atoms with Gasteiger partial charge >= 0.3 is 0 Å². The van der Waals surface area contributed by atoms with Crippen molar-refractivity contribution in [3.8, 4) is 11.5 Å². The maximum Gasteiger partial charge on any atom is 0.193 e. The molecule has 0 radical (unpaired) electrons. The normalized spacial score (nSPS) is 12.2. The monoisotopic (exact) mass is 481 g/mol. The minimum absolute atomic E-state index is 0. The van der Waals surface area contributed by atoms with Gasteiger partial charge in [0.15, 0.2) is 17.5 Å². The fourth-order valence-corrected chi connectivity index (χ4v) is 2.51. The summed E-state index contributed by atoms with van der Waals surface area (Å²) in [6, 6.07) is 4.06. The zero-order valence-electron chi connectivity index (χ0n) is 16.4. The van der Waals surface area contributed by atoms with Gasteiger partial charge in [-0.2, -0.15) is 11.8 Å². The molecule has 0 heterocycles. The summed E-state index contributed by atoms with van der Waals surface area (Å²) >= 11 is 1.83. The van der Waals surface area contributed by atoms with Gasteiger partial charge in [0.05, 0.1) is 20.8 Å². The topological polar surface area (TPSA) is 46.1 Å². The zero-order valence-corrected chi connectivity index (χ0v) is 19.5. The molecule has 1 atom stereocenters. The van der Waals surface area contributed by atoms with Crippen LogP contribution in [0.25, 0.3) is 0 Å². The lowest BCUT2D eigenvalue weighted by Gasteiger charge is -2.24. The number of hydrogen-bond donors (Lipinski definition) is 1. The number of methoxy groups -OCH3 is 2. The molecular weight excluding hydrogens is 449 g/mol. The number of guanidine groups is 1. The van der Waals surface area contributed by atoms with E-state index in [1.54, 1.807) is 14.2 Å². The Kier molecular flexibility index (Phi) is 12.1. The van der Waals surface area contributed by atoms with E-state index in [1.165, 1.54) is 11.1 Å². The van der Waals surface area contributed by atoms with Crippen molar-refractivity contribution in [2.24, 2.45) is 4.99 Å². The minimum atomic E-state index is 0. The fraction of sp³-hybridized carbons (Fsp3) is 0.611. The molecule has 0 aliphatic rings. The van der Waals surface area contributed by atoms with Crippen LogP contribution in [0, 0.1) is 6.92 Å². The van der Waals surface area contributed by atoms with Crippen molar-refractivity contribution in [2.45, 2.75) is 32.6 Å². The first-order valence-electron chi connectivity index (χ1n) is 8.20. The van der Waals surface area contributed by atoms with Crippen LogP contribution in [0.3, 0.4) is 0 Å². The van der Waals surface area contributed by atoms with Crippen LogP contribution in [0.4, 0.5) is 0 Å². The summed E-state index contributed by atoms with van der Waals surface area (Å²) in [6.45, 7) is 8.77. The van der Waals surface area contributed by atoms with Gasteiger partial charge < -0.3 is 19.7 Å². The van der Waals surface area contributed by atoms with Crippen molar-refractivity contribution >= 4 is 41.7 Å². The van der Waals surface area contributed by atoms with Gasteiger partial charge in [-0.05, 0) is 43.4 Å². The molecule has 0 saturated heterocycles. The van der Waals surface area contributed by atoms with Gasteiger partial charge in [-0.15, -0.1) is 24.0 Å². The summed E-state index contributed by atoms with van der Waals surface area (Å²) in [6.07, 6.45) is 2.11. The quantitative estimate of drug-likeness (QED) is 0.348. The SMILES string of the molecule is CCNC(=NCC(C)SC)N(C)Cc1cc(OC)c(OC)cc1C.I. The Morgan fingerprint density at radius 1 is 1.28 bits per heavy atom. The molecule has 1 aromatic rings. The molecule has 1 unspecified atom stereocenters. The first-order chi connectivity index (χ1) is 11.5. The number of nitrogens with zero attached hydrogens (tertiary/aromatic N) is 2. The van der Waals surface area contributed by atoms with E-state index in [9.17, 15) is 0 Å². The molecule has 25 heavy (non-hydrogen) atoms. The van der Waals surface area contributed by atoms with Crippen LogP contribution < -0.4 is 14.8 Å². The van der Waals surface area contributed by atoms with Crippen molar-refractivity contribution in [3.05, 3.63) is 23.3 Å². The molecule has 0 aliphatic carbocycles. The van der Waals surface area contributed by atoms with Gasteiger partial charge in [0.1, 0.15) is 0 Å². The van der Waals surface area contributed by atoms with Crippen molar-refractivity contribution in [2.75, 3.05) is 40.6 Å². The van der Waals surface area contributed by atoms with Crippen LogP contribution in [0.2, 0.25) is 0 Å². The molecule has 0 saturated carbocycles. The molecule has 7 heteroatoms. The van der Waals surface area contributed by atoms with Gasteiger partial charge in [0, 0.05) is 25.4 Å². The Morgan fingerprint density at radius 3 is 2.40 bits per heavy atom. The van der Waals surface area contributed by atoms with Crippen molar-refractivity contribution in [1.82, 2.24) is 10.2 Å². The molecule has 5 nitrogen and oxygen atoms in total. The van der Waals surface area contributed by atoms with Crippen LogP contribution >= 0.6 is 35.7 Å². The molecule has 0 amide bonds. The van der Waals surface area contributed by atoms with E-state index in [0.717, 1.165) is 37.1 Å². The Morgan fingerprint density at radius 2 is 1.88 bits per heavy atom. The second kappa shape index (κ2) is 12.5. The smallest absolute Gasteiger partial charge is 0.193 e. The number of ether oxygens (including phenoxy) is 2. The Labute approximate surface area is 174 Å². The third kappa shape index (κ3) is 7.52. The number of halogens is 1. The Hall–Kier alpha value is -0.830. The fourth-order valence-electron chi connectivity index (χ4n) is 2.28. The maximum absolute atomic E-state index is 5.42. The molecule has 0 spiro atoms. The first kappa shape index (κ1) is 24.2. The predicted octanol–water partition coefficient (Wildman–Crippen LogP) is 3.78. The molecule has 1 aromatic carbocycles. The number of benzene rings is 1. The van der Waals surface area contributed by atoms with E-state index >= 15 is 0 Å². The third-order valence-corrected chi connectivity index (χ3v) is 4.80. The number of nitrogens with one attached hydrogen (secondary N) is 1. The zero-order chi connectivity index (χ0) is 18.1. The molecule has 144 valence electrons. The van der Waals surface area contributed by atoms with Crippen LogP contribution in [0.1, 0.15) is 25.0 Å². The highest BCUT2D eigenvalue weighted by Gasteiger charge is 2.13. The van der Waals surface area contributed by atoms with Crippen molar-refractivity contribution < 1.29 is 9.47 Å². The van der Waals surface area contributed by atoms with Crippen LogP contribution in [-0.2, 0) is 6.54 Å². The highest BCUT2D eigenvalue weighted by atomic mass is 127. The lowest BCUT2D eigenvalue weighted by atomic mass is 10.1. The van der Waals surface area contributed by atoms with Gasteiger partial charge in [-0.1, -0.05) is 6.92 Å². The van der Waals surface area contributed by atoms with Crippen LogP contribution in [0.5, 0.6) is 11.5 Å². The third-order valence-electron chi connectivity index (χ3n) is 3.85. The van der Waals surface area contributed by atoms with Gasteiger partial charge in [-0.25, -0.2) is 0 Å². The van der Waals surface area contributed by atoms with E-state index in [-0.39, 0.29) is 24.0 Å². The van der Waals surface area contributed by atoms with Gasteiger partial charge in [-0.3, -0.25) is 4.99 Å². The minimum Gasteiger partial charge on any atom is -0.493 e. The van der Waals surface area contributed by atoms with Crippen molar-refractivity contribution in [3.63, 3.8) is 0 Å². The number of aliphatic imine (C=N–C) groups is 1. The highest BCUT2D eigenvalue weighted by Crippen LogP contribution is 2.30. The van der Waals surface area contributed by atoms with E-state index in [2.05, 4.69) is 44.3 Å². The Bertz CT molecular complexity index is 555. The summed E-state index contributed by atoms with van der Waals surface area (Å²) in [5, 5.41) is 3.87. The maximum atomic E-state index is 5.42. The molecule has 0 fully saturated rings. The van der Waals surface area contributed by atoms with Gasteiger partial charge in [0.25, 0.3) is 0 Å². The first-order valence-corrected chi connectivity index (χ1v) is 9.49. The van der Waals surface area contributed by atoms with E-state index in [4.69, 9.17) is 14.5 Å². The highest BCUT2D eigenvalue weighted by molar-refractivity contribution is 14.0. The lowest BCUT2D eigenvalue weighted by molar-refractivity contribution is 0.353. The molecular formula is C18H32IN3O2S. The number of thioether (sulfide) groups is 1. The number of rotatable bonds is 8. The van der Waals surface area contributed by atoms with Crippen LogP contribution in [0.15, 0.2) is 17.1 Å². The summed E-state index contributed by atoms with van der Waals surface area (Å²) in [7, 11) is 5.38. The molecule has 0 bridgehead atoms. The van der Waals surface area contributed by atoms with E-state index < -0.39 is 0 Å². The standard InChI is InChI=1S/C18H31N3O2S.HI/c1-8-19-18(20-11-14(3)24-7)21(4)12-15-10-17(23-6)16(22-5)9-13(15)2;/h9-10,14H,8,11-12H2,1-7H3,(H,19,20);1H. The second-order valence-electron chi connectivity index (χ2n) is 5.73. The van der Waals surface area contributed by atoms with Crippen LogP contribution in [-0.4, -0.2) is 56.7 Å². The average molecular weight is 481 g/mol. The summed E-state index contributed by atoms with van der Waals surface area (Å²) in [5.41, 5.74) is 2.37. The molecule has 1 N–H and O–H groups in total. The van der Waals surface area contributed by atoms with Gasteiger partial charge in [0.2, 0.25) is 0 Å². The number of aryl methyl sites for hydroxylation is 1. The summed E-state index contributed by atoms with van der Waals surface area (Å²) in [5.74, 6) is 2.44. The molecule has 0 aliphatic heterocycles. The van der Waals surface area contributed by atoms with Crippen molar-refractivity contribution in [1.29, 1.82) is 0 Å². The second-order valence-corrected chi connectivity index (χ2v) is 7.01. The van der Waals surface area contributed by atoms with E-state index in [0.29, 0.717) is 5.25 Å². The predicted molar refractivity (Wildman–Crippen MR) is 120 cm³/mol. The average Bonchev–Trinajstić information content (AvgIpc) is 2.59.